The molecule has 3 rings (SSSR count). The van der Waals surface area contributed by atoms with Gasteiger partial charge in [-0.05, 0) is 42.0 Å². The van der Waals surface area contributed by atoms with E-state index in [2.05, 4.69) is 22.9 Å². The van der Waals surface area contributed by atoms with E-state index in [-0.39, 0.29) is 24.7 Å². The molecule has 1 saturated heterocycles. The van der Waals surface area contributed by atoms with Gasteiger partial charge in [0.15, 0.2) is 0 Å². The molecule has 1 heterocycles. The van der Waals surface area contributed by atoms with Crippen molar-refractivity contribution in [2.45, 2.75) is 96.9 Å². The van der Waals surface area contributed by atoms with E-state index in [0.717, 1.165) is 35.6 Å². The first kappa shape index (κ1) is 29.1. The van der Waals surface area contributed by atoms with Crippen LogP contribution in [0.5, 0.6) is 0 Å². The topological polar surface area (TPSA) is 114 Å². The number of rotatable bonds is 8. The molecular formula is C30H41N3O5. The van der Waals surface area contributed by atoms with Crippen molar-refractivity contribution in [3.8, 4) is 0 Å². The smallest absolute Gasteiger partial charge is 0.329 e. The number of esters is 1. The van der Waals surface area contributed by atoms with E-state index in [1.54, 1.807) is 6.92 Å². The Hall–Kier alpha value is -3.42. The molecule has 3 amide bonds. The Balaban J connectivity index is 1.91. The lowest BCUT2D eigenvalue weighted by molar-refractivity contribution is -0.156. The molecule has 5 atom stereocenters. The standard InChI is InChI=1S/C30H41N3O5/c1-5-7-8-15-23-18-26(34)32-25(17-22-14-11-13-21-12-9-10-16-24(21)22)29(36)31-20(4)28(35)33-27(19(3)6-2)30(37)38-23/h9-14,16,19-20,23,25,27H,5-8,15,17-18H2,1-4H3,(H,31,36)(H,32,34)(H,33,35). The normalized spacial score (nSPS) is 24.2. The van der Waals surface area contributed by atoms with Crippen molar-refractivity contribution in [3.05, 3.63) is 48.0 Å². The molecule has 2 aromatic rings. The van der Waals surface area contributed by atoms with Crippen LogP contribution in [0.15, 0.2) is 42.5 Å². The number of benzene rings is 2. The second kappa shape index (κ2) is 13.9. The summed E-state index contributed by atoms with van der Waals surface area (Å²) in [6.07, 6.45) is 3.48. The predicted molar refractivity (Wildman–Crippen MR) is 147 cm³/mol. The highest BCUT2D eigenvalue weighted by Gasteiger charge is 2.34. The molecule has 0 spiro atoms. The third kappa shape index (κ3) is 7.79. The van der Waals surface area contributed by atoms with Gasteiger partial charge in [0.05, 0.1) is 6.42 Å². The molecule has 2 aromatic carbocycles. The number of hydrogen-bond acceptors (Lipinski definition) is 5. The monoisotopic (exact) mass is 523 g/mol. The molecule has 0 bridgehead atoms. The third-order valence-corrected chi connectivity index (χ3v) is 7.30. The maximum atomic E-state index is 13.4. The van der Waals surface area contributed by atoms with E-state index >= 15 is 0 Å². The average molecular weight is 524 g/mol. The van der Waals surface area contributed by atoms with E-state index in [1.165, 1.54) is 0 Å². The number of amides is 3. The molecule has 0 radical (unpaired) electrons. The van der Waals surface area contributed by atoms with Crippen LogP contribution < -0.4 is 16.0 Å². The van der Waals surface area contributed by atoms with E-state index in [0.29, 0.717) is 12.8 Å². The summed E-state index contributed by atoms with van der Waals surface area (Å²) in [5, 5.41) is 10.4. The second-order valence-electron chi connectivity index (χ2n) is 10.3. The van der Waals surface area contributed by atoms with Gasteiger partial charge in [0.1, 0.15) is 24.2 Å². The summed E-state index contributed by atoms with van der Waals surface area (Å²) < 4.78 is 5.82. The fourth-order valence-corrected chi connectivity index (χ4v) is 4.75. The minimum atomic E-state index is -0.908. The van der Waals surface area contributed by atoms with Gasteiger partial charge in [-0.15, -0.1) is 0 Å². The molecule has 1 aliphatic heterocycles. The lowest BCUT2D eigenvalue weighted by Gasteiger charge is -2.26. The predicted octanol–water partition coefficient (Wildman–Crippen LogP) is 3.80. The number of hydrogen-bond donors (Lipinski definition) is 3. The van der Waals surface area contributed by atoms with E-state index in [1.807, 2.05) is 56.3 Å². The van der Waals surface area contributed by atoms with Crippen molar-refractivity contribution in [2.24, 2.45) is 5.92 Å². The Bertz CT molecular complexity index is 1130. The number of nitrogens with one attached hydrogen (secondary N) is 3. The van der Waals surface area contributed by atoms with Gasteiger partial charge in [-0.1, -0.05) is 82.5 Å². The van der Waals surface area contributed by atoms with Gasteiger partial charge in [0, 0.05) is 6.42 Å². The van der Waals surface area contributed by atoms with Crippen molar-refractivity contribution >= 4 is 34.5 Å². The molecule has 1 fully saturated rings. The van der Waals surface area contributed by atoms with E-state index in [9.17, 15) is 19.2 Å². The van der Waals surface area contributed by atoms with Gasteiger partial charge in [0.2, 0.25) is 17.7 Å². The van der Waals surface area contributed by atoms with Crippen LogP contribution in [0.25, 0.3) is 10.8 Å². The van der Waals surface area contributed by atoms with Gasteiger partial charge in [-0.25, -0.2) is 4.79 Å². The van der Waals surface area contributed by atoms with Gasteiger partial charge in [-0.3, -0.25) is 14.4 Å². The maximum absolute atomic E-state index is 13.4. The summed E-state index contributed by atoms with van der Waals surface area (Å²) in [4.78, 5) is 52.7. The fraction of sp³-hybridized carbons (Fsp3) is 0.533. The quantitative estimate of drug-likeness (QED) is 0.360. The lowest BCUT2D eigenvalue weighted by atomic mass is 9.98. The van der Waals surface area contributed by atoms with Gasteiger partial charge >= 0.3 is 5.97 Å². The largest absolute Gasteiger partial charge is 0.460 e. The molecule has 3 N–H and O–H groups in total. The Morgan fingerprint density at radius 3 is 2.39 bits per heavy atom. The summed E-state index contributed by atoms with van der Waals surface area (Å²) in [5.74, 6) is -2.03. The van der Waals surface area contributed by atoms with Gasteiger partial charge in [0.25, 0.3) is 0 Å². The first-order valence-electron chi connectivity index (χ1n) is 13.8. The maximum Gasteiger partial charge on any atom is 0.329 e. The molecule has 206 valence electrons. The number of ether oxygens (including phenoxy) is 1. The van der Waals surface area contributed by atoms with Crippen molar-refractivity contribution in [2.75, 3.05) is 0 Å². The fourth-order valence-electron chi connectivity index (χ4n) is 4.75. The first-order chi connectivity index (χ1) is 18.2. The number of carbonyl (C=O) groups is 4. The highest BCUT2D eigenvalue weighted by molar-refractivity contribution is 5.94. The number of fused-ring (bicyclic) bond motifs is 1. The number of cyclic esters (lactones) is 1. The van der Waals surface area contributed by atoms with Gasteiger partial charge < -0.3 is 20.7 Å². The zero-order valence-electron chi connectivity index (χ0n) is 22.9. The van der Waals surface area contributed by atoms with Crippen molar-refractivity contribution in [1.29, 1.82) is 0 Å². The van der Waals surface area contributed by atoms with Crippen molar-refractivity contribution in [1.82, 2.24) is 16.0 Å². The van der Waals surface area contributed by atoms with Crippen LogP contribution in [0.2, 0.25) is 0 Å². The Kier molecular flexibility index (Phi) is 10.7. The van der Waals surface area contributed by atoms with Crippen LogP contribution in [-0.2, 0) is 30.3 Å². The lowest BCUT2D eigenvalue weighted by Crippen LogP contribution is -2.55. The molecule has 5 unspecified atom stereocenters. The Morgan fingerprint density at radius 2 is 1.66 bits per heavy atom. The zero-order valence-corrected chi connectivity index (χ0v) is 22.9. The van der Waals surface area contributed by atoms with Crippen LogP contribution in [-0.4, -0.2) is 47.9 Å². The Labute approximate surface area is 225 Å². The third-order valence-electron chi connectivity index (χ3n) is 7.30. The zero-order chi connectivity index (χ0) is 27.7. The van der Waals surface area contributed by atoms with E-state index in [4.69, 9.17) is 4.74 Å². The van der Waals surface area contributed by atoms with E-state index < -0.39 is 42.0 Å². The van der Waals surface area contributed by atoms with Crippen molar-refractivity contribution < 1.29 is 23.9 Å². The average Bonchev–Trinajstić information content (AvgIpc) is 2.90. The molecule has 38 heavy (non-hydrogen) atoms. The van der Waals surface area contributed by atoms with Crippen LogP contribution in [0.3, 0.4) is 0 Å². The summed E-state index contributed by atoms with van der Waals surface area (Å²) in [7, 11) is 0. The Morgan fingerprint density at radius 1 is 0.921 bits per heavy atom. The van der Waals surface area contributed by atoms with Crippen LogP contribution in [0.1, 0.15) is 71.8 Å². The highest BCUT2D eigenvalue weighted by atomic mass is 16.5. The summed E-state index contributed by atoms with van der Waals surface area (Å²) >= 11 is 0. The number of unbranched alkanes of at least 4 members (excludes halogenated alkanes) is 2. The minimum Gasteiger partial charge on any atom is -0.460 e. The molecule has 0 aliphatic carbocycles. The molecule has 0 aromatic heterocycles. The summed E-state index contributed by atoms with van der Waals surface area (Å²) in [5.41, 5.74) is 0.910. The van der Waals surface area contributed by atoms with Crippen LogP contribution in [0.4, 0.5) is 0 Å². The van der Waals surface area contributed by atoms with Crippen LogP contribution >= 0.6 is 0 Å². The molecule has 8 nitrogen and oxygen atoms in total. The summed E-state index contributed by atoms with van der Waals surface area (Å²) in [6.45, 7) is 7.44. The minimum absolute atomic E-state index is 0.0501. The SMILES string of the molecule is CCCCCC1CC(=O)NC(Cc2cccc3ccccc23)C(=O)NC(C)C(=O)NC(C(C)CC)C(=O)O1. The molecule has 1 aliphatic rings. The second-order valence-corrected chi connectivity index (χ2v) is 10.3. The molecular weight excluding hydrogens is 482 g/mol. The molecule has 0 saturated carbocycles. The summed E-state index contributed by atoms with van der Waals surface area (Å²) in [6, 6.07) is 11.0. The number of carbonyl (C=O) groups excluding carboxylic acids is 4. The van der Waals surface area contributed by atoms with Crippen LogP contribution in [0, 0.1) is 5.92 Å². The highest BCUT2D eigenvalue weighted by Crippen LogP contribution is 2.21. The first-order valence-corrected chi connectivity index (χ1v) is 13.8. The van der Waals surface area contributed by atoms with Gasteiger partial charge in [-0.2, -0.15) is 0 Å². The molecule has 8 heteroatoms. The van der Waals surface area contributed by atoms with Crippen molar-refractivity contribution in [3.63, 3.8) is 0 Å².